The van der Waals surface area contributed by atoms with Crippen LogP contribution in [0.1, 0.15) is 12.8 Å². The van der Waals surface area contributed by atoms with Gasteiger partial charge in [-0.2, -0.15) is 0 Å². The van der Waals surface area contributed by atoms with Crippen molar-refractivity contribution in [1.82, 2.24) is 0 Å². The summed E-state index contributed by atoms with van der Waals surface area (Å²) in [6, 6.07) is 10.2. The summed E-state index contributed by atoms with van der Waals surface area (Å²) in [4.78, 5) is 0. The largest absolute Gasteiger partial charge is 0.318 e. The molecule has 1 aromatic rings. The Morgan fingerprint density at radius 2 is 1.57 bits per heavy atom. The lowest BCUT2D eigenvalue weighted by Crippen LogP contribution is -2.10. The highest BCUT2D eigenvalue weighted by atomic mass is 31.2. The topological polar surface area (TPSA) is 17.1 Å². The summed E-state index contributed by atoms with van der Waals surface area (Å²) in [5, 5.41) is 1.16. The van der Waals surface area contributed by atoms with E-state index in [-0.39, 0.29) is 0 Å². The molecular weight excluding hydrogens is 191 g/mol. The third-order valence-corrected chi connectivity index (χ3v) is 8.57. The quantitative estimate of drug-likeness (QED) is 0.642. The Labute approximate surface area is 83.9 Å². The number of hydrogen-bond donors (Lipinski definition) is 0. The molecule has 0 aromatic heterocycles. The monoisotopic (exact) mass is 204 g/mol. The molecule has 2 saturated carbocycles. The van der Waals surface area contributed by atoms with Crippen molar-refractivity contribution in [3.63, 3.8) is 0 Å². The molecule has 0 radical (unpaired) electrons. The molecule has 1 aromatic carbocycles. The summed E-state index contributed by atoms with van der Waals surface area (Å²) < 4.78 is 13.0. The molecule has 1 saturated heterocycles. The summed E-state index contributed by atoms with van der Waals surface area (Å²) in [6.45, 7) is 0. The summed E-state index contributed by atoms with van der Waals surface area (Å²) >= 11 is 0. The molecule has 0 spiro atoms. The zero-order valence-electron chi connectivity index (χ0n) is 7.97. The van der Waals surface area contributed by atoms with Crippen LogP contribution < -0.4 is 5.30 Å². The van der Waals surface area contributed by atoms with E-state index in [1.807, 2.05) is 18.2 Å². The molecule has 5 atom stereocenters. The van der Waals surface area contributed by atoms with Crippen LogP contribution in [-0.2, 0) is 4.57 Å². The van der Waals surface area contributed by atoms with E-state index in [0.717, 1.165) is 17.1 Å². The van der Waals surface area contributed by atoms with E-state index in [2.05, 4.69) is 12.1 Å². The van der Waals surface area contributed by atoms with Crippen LogP contribution in [-0.4, -0.2) is 11.3 Å². The smallest absolute Gasteiger partial charge is 0.122 e. The Bertz CT molecular complexity index is 419. The van der Waals surface area contributed by atoms with Gasteiger partial charge in [0.25, 0.3) is 0 Å². The second-order valence-electron chi connectivity index (χ2n) is 4.98. The molecule has 1 nitrogen and oxygen atoms in total. The Kier molecular flexibility index (Phi) is 1.19. The first-order valence-corrected chi connectivity index (χ1v) is 7.31. The van der Waals surface area contributed by atoms with Crippen molar-refractivity contribution < 1.29 is 4.57 Å². The fourth-order valence-corrected chi connectivity index (χ4v) is 8.08. The summed E-state index contributed by atoms with van der Waals surface area (Å²) in [5.41, 5.74) is 1.18. The third kappa shape index (κ3) is 0.728. The summed E-state index contributed by atoms with van der Waals surface area (Å²) in [5.74, 6) is 1.71. The maximum Gasteiger partial charge on any atom is 0.122 e. The Morgan fingerprint density at radius 3 is 2.14 bits per heavy atom. The van der Waals surface area contributed by atoms with E-state index >= 15 is 0 Å². The minimum absolute atomic E-state index is 0.591. The first-order valence-electron chi connectivity index (χ1n) is 5.47. The molecule has 14 heavy (non-hydrogen) atoms. The van der Waals surface area contributed by atoms with Crippen LogP contribution in [0.2, 0.25) is 0 Å². The van der Waals surface area contributed by atoms with Crippen LogP contribution in [0.4, 0.5) is 0 Å². The Hall–Kier alpha value is -0.550. The van der Waals surface area contributed by atoms with Gasteiger partial charge in [0.05, 0.1) is 0 Å². The first kappa shape index (κ1) is 7.70. The standard InChI is InChI=1S/C12H13OP/c13-14(8-4-2-1-3-5-8)11-6-9(11)10-7-12(10)14/h1-5,9-12H,6-7H2/t9-,10+,11-,12+,14?. The minimum Gasteiger partial charge on any atom is -0.318 e. The van der Waals surface area contributed by atoms with Crippen molar-refractivity contribution in [2.45, 2.75) is 24.2 Å². The second kappa shape index (κ2) is 2.17. The average molecular weight is 204 g/mol. The van der Waals surface area contributed by atoms with Gasteiger partial charge >= 0.3 is 0 Å². The molecule has 1 unspecified atom stereocenters. The van der Waals surface area contributed by atoms with Crippen molar-refractivity contribution in [2.24, 2.45) is 11.8 Å². The van der Waals surface area contributed by atoms with Gasteiger partial charge in [0, 0.05) is 16.6 Å². The highest BCUT2D eigenvalue weighted by Crippen LogP contribution is 2.84. The third-order valence-electron chi connectivity index (χ3n) is 4.30. The SMILES string of the molecule is O=P1(c2ccccc2)[C@@H]2C[C@@H]2[C@@H]2C[C@@H]21. The molecule has 3 fully saturated rings. The van der Waals surface area contributed by atoms with Gasteiger partial charge in [-0.25, -0.2) is 0 Å². The molecule has 0 bridgehead atoms. The second-order valence-corrected chi connectivity index (χ2v) is 8.24. The van der Waals surface area contributed by atoms with E-state index < -0.39 is 7.14 Å². The lowest BCUT2D eigenvalue weighted by Gasteiger charge is -2.15. The first-order chi connectivity index (χ1) is 6.82. The van der Waals surface area contributed by atoms with Gasteiger partial charge in [-0.05, 0) is 24.7 Å². The van der Waals surface area contributed by atoms with Crippen LogP contribution in [0.15, 0.2) is 30.3 Å². The molecule has 72 valence electrons. The molecule has 0 amide bonds. The van der Waals surface area contributed by atoms with Crippen molar-refractivity contribution in [2.75, 3.05) is 0 Å². The summed E-state index contributed by atoms with van der Waals surface area (Å²) in [7, 11) is -1.96. The molecule has 2 heteroatoms. The van der Waals surface area contributed by atoms with Gasteiger partial charge in [0.1, 0.15) is 7.14 Å². The molecule has 2 aliphatic carbocycles. The Morgan fingerprint density at radius 1 is 1.00 bits per heavy atom. The predicted molar refractivity (Wildman–Crippen MR) is 57.5 cm³/mol. The van der Waals surface area contributed by atoms with Crippen LogP contribution in [0.25, 0.3) is 0 Å². The normalized spacial score (nSPS) is 52.3. The number of hydrogen-bond acceptors (Lipinski definition) is 1. The van der Waals surface area contributed by atoms with E-state index in [4.69, 9.17) is 0 Å². The van der Waals surface area contributed by atoms with Crippen molar-refractivity contribution in [1.29, 1.82) is 0 Å². The fraction of sp³-hybridized carbons (Fsp3) is 0.500. The molecule has 4 rings (SSSR count). The van der Waals surface area contributed by atoms with Crippen molar-refractivity contribution >= 4 is 12.4 Å². The van der Waals surface area contributed by atoms with Crippen LogP contribution in [0.3, 0.4) is 0 Å². The highest BCUT2D eigenvalue weighted by molar-refractivity contribution is 7.74. The highest BCUT2D eigenvalue weighted by Gasteiger charge is 2.73. The van der Waals surface area contributed by atoms with E-state index in [1.165, 1.54) is 12.8 Å². The van der Waals surface area contributed by atoms with E-state index in [9.17, 15) is 4.57 Å². The van der Waals surface area contributed by atoms with Crippen LogP contribution in [0.5, 0.6) is 0 Å². The molecular formula is C12H13OP. The van der Waals surface area contributed by atoms with Gasteiger partial charge in [-0.15, -0.1) is 0 Å². The zero-order valence-corrected chi connectivity index (χ0v) is 8.86. The number of rotatable bonds is 1. The van der Waals surface area contributed by atoms with Crippen LogP contribution >= 0.6 is 7.14 Å². The average Bonchev–Trinajstić information content (AvgIpc) is 3.09. The predicted octanol–water partition coefficient (Wildman–Crippen LogP) is 2.47. The van der Waals surface area contributed by atoms with Gasteiger partial charge < -0.3 is 4.57 Å². The van der Waals surface area contributed by atoms with Crippen molar-refractivity contribution in [3.05, 3.63) is 30.3 Å². The summed E-state index contributed by atoms with van der Waals surface area (Å²) in [6.07, 6.45) is 2.51. The number of fused-ring (bicyclic) bond motifs is 3. The fourth-order valence-electron chi connectivity index (χ4n) is 3.49. The number of benzene rings is 1. The Balaban J connectivity index is 1.88. The van der Waals surface area contributed by atoms with Crippen LogP contribution in [0, 0.1) is 11.8 Å². The maximum atomic E-state index is 13.0. The lowest BCUT2D eigenvalue weighted by molar-refractivity contribution is 0.580. The molecule has 1 heterocycles. The maximum absolute atomic E-state index is 13.0. The van der Waals surface area contributed by atoms with Gasteiger partial charge in [0.2, 0.25) is 0 Å². The van der Waals surface area contributed by atoms with Gasteiger partial charge in [0.15, 0.2) is 0 Å². The van der Waals surface area contributed by atoms with Gasteiger partial charge in [-0.1, -0.05) is 30.3 Å². The van der Waals surface area contributed by atoms with E-state index in [1.54, 1.807) is 0 Å². The van der Waals surface area contributed by atoms with Gasteiger partial charge in [-0.3, -0.25) is 0 Å². The molecule has 0 N–H and O–H groups in total. The minimum atomic E-state index is -1.96. The van der Waals surface area contributed by atoms with E-state index in [0.29, 0.717) is 11.3 Å². The zero-order chi connectivity index (χ0) is 9.34. The molecule has 3 aliphatic rings. The lowest BCUT2D eigenvalue weighted by atomic mass is 10.3. The molecule has 1 aliphatic heterocycles. The van der Waals surface area contributed by atoms with Crippen molar-refractivity contribution in [3.8, 4) is 0 Å².